The summed E-state index contributed by atoms with van der Waals surface area (Å²) >= 11 is 0. The zero-order chi connectivity index (χ0) is 39.9. The Hall–Kier alpha value is -5.90. The van der Waals surface area contributed by atoms with Crippen LogP contribution in [0.25, 0.3) is 0 Å². The van der Waals surface area contributed by atoms with Crippen LogP contribution in [0.2, 0.25) is 0 Å². The fourth-order valence-electron chi connectivity index (χ4n) is 9.75. The van der Waals surface area contributed by atoms with Gasteiger partial charge in [-0.1, -0.05) is 97.1 Å². The van der Waals surface area contributed by atoms with E-state index in [1.807, 2.05) is 97.1 Å². The minimum atomic E-state index is -1.46. The van der Waals surface area contributed by atoms with E-state index in [-0.39, 0.29) is 51.4 Å². The van der Waals surface area contributed by atoms with Gasteiger partial charge in [0.15, 0.2) is 11.6 Å². The third-order valence-corrected chi connectivity index (χ3v) is 12.5. The maximum atomic E-state index is 14.0. The van der Waals surface area contributed by atoms with Gasteiger partial charge in [-0.25, -0.2) is 0 Å². The molecule has 0 aromatic heterocycles. The average Bonchev–Trinajstić information content (AvgIpc) is 3.52. The Labute approximate surface area is 325 Å². The molecule has 4 aromatic rings. The van der Waals surface area contributed by atoms with Crippen molar-refractivity contribution in [2.45, 2.75) is 51.4 Å². The summed E-state index contributed by atoms with van der Waals surface area (Å²) in [7, 11) is 5.16. The average molecular weight is 757 g/mol. The van der Waals surface area contributed by atoms with Crippen LogP contribution in [0.1, 0.15) is 44.5 Å². The first-order valence-electron chi connectivity index (χ1n) is 18.6. The number of ketones is 2. The van der Waals surface area contributed by atoms with Crippen LogP contribution in [-0.2, 0) is 99.1 Å². The fourth-order valence-corrected chi connectivity index (χ4v) is 9.75. The second kappa shape index (κ2) is 14.6. The largest absolute Gasteiger partial charge is 0.468 e. The van der Waals surface area contributed by atoms with Crippen molar-refractivity contribution in [2.75, 3.05) is 28.4 Å². The van der Waals surface area contributed by atoms with E-state index >= 15 is 0 Å². The quantitative estimate of drug-likeness (QED) is 0.160. The molecule has 0 atom stereocenters. The Kier molecular flexibility index (Phi) is 10.0. The maximum Gasteiger partial charge on any atom is 0.320 e. The van der Waals surface area contributed by atoms with Gasteiger partial charge in [-0.3, -0.25) is 28.8 Å². The molecule has 4 aliphatic rings. The van der Waals surface area contributed by atoms with Crippen LogP contribution < -0.4 is 0 Å². The standard InChI is InChI=1S/2C23H22O5/c2*1-27-20(25)22-11-15-7-3-5-9-17(15)13-23(19(22)24,21(26)28-2)14-18-10-6-4-8-16(18)12-22/h2*3-10H,11-14H2,1-2H3. The molecule has 10 heteroatoms. The molecule has 0 spiro atoms. The summed E-state index contributed by atoms with van der Waals surface area (Å²) in [6.45, 7) is 0. The molecule has 4 aromatic carbocycles. The molecule has 0 N–H and O–H groups in total. The third kappa shape index (κ3) is 5.93. The van der Waals surface area contributed by atoms with E-state index in [0.717, 1.165) is 44.5 Å². The zero-order valence-electron chi connectivity index (χ0n) is 32.0. The van der Waals surface area contributed by atoms with Crippen molar-refractivity contribution < 1.29 is 47.7 Å². The molecule has 0 saturated heterocycles. The minimum Gasteiger partial charge on any atom is -0.468 e. The number of hydrogen-bond acceptors (Lipinski definition) is 10. The highest BCUT2D eigenvalue weighted by atomic mass is 16.5. The van der Waals surface area contributed by atoms with E-state index in [2.05, 4.69) is 0 Å². The van der Waals surface area contributed by atoms with Crippen LogP contribution in [0.4, 0.5) is 0 Å². The van der Waals surface area contributed by atoms with Crippen LogP contribution in [0.5, 0.6) is 0 Å². The predicted octanol–water partition coefficient (Wildman–Crippen LogP) is 4.94. The third-order valence-electron chi connectivity index (χ3n) is 12.5. The molecule has 0 heterocycles. The maximum absolute atomic E-state index is 14.0. The number of hydrogen-bond donors (Lipinski definition) is 0. The van der Waals surface area contributed by atoms with Gasteiger partial charge in [0, 0.05) is 0 Å². The summed E-state index contributed by atoms with van der Waals surface area (Å²) in [4.78, 5) is 80.4. The molecule has 8 rings (SSSR count). The van der Waals surface area contributed by atoms with Crippen molar-refractivity contribution in [2.24, 2.45) is 21.7 Å². The van der Waals surface area contributed by atoms with Crippen LogP contribution in [-0.4, -0.2) is 63.9 Å². The monoisotopic (exact) mass is 756 g/mol. The van der Waals surface area contributed by atoms with Crippen molar-refractivity contribution in [1.82, 2.24) is 0 Å². The zero-order valence-corrected chi connectivity index (χ0v) is 32.0. The van der Waals surface area contributed by atoms with E-state index in [9.17, 15) is 28.8 Å². The number of esters is 4. The van der Waals surface area contributed by atoms with Gasteiger partial charge in [0.1, 0.15) is 21.7 Å². The summed E-state index contributed by atoms with van der Waals surface area (Å²) in [6, 6.07) is 30.4. The Morgan fingerprint density at radius 3 is 0.607 bits per heavy atom. The van der Waals surface area contributed by atoms with Crippen molar-refractivity contribution in [3.63, 3.8) is 0 Å². The fraction of sp³-hybridized carbons (Fsp3) is 0.348. The number of benzene rings is 4. The van der Waals surface area contributed by atoms with E-state index < -0.39 is 57.1 Å². The highest BCUT2D eigenvalue weighted by molar-refractivity contribution is 6.17. The van der Waals surface area contributed by atoms with Gasteiger partial charge in [0.25, 0.3) is 0 Å². The van der Waals surface area contributed by atoms with Crippen molar-refractivity contribution >= 4 is 35.4 Å². The molecular weight excluding hydrogens is 712 g/mol. The SMILES string of the molecule is COC(=O)C12Cc3ccccc3CC(C(=O)OC)(Cc3ccccc3C1)C2=O.COC(=O)C12Cc3ccccc3CC(C(=O)OC)(Cc3ccccc3C1)C2=O. The number of methoxy groups -OCH3 is 4. The molecule has 288 valence electrons. The highest BCUT2D eigenvalue weighted by Crippen LogP contribution is 2.50. The lowest BCUT2D eigenvalue weighted by molar-refractivity contribution is -0.170. The van der Waals surface area contributed by atoms with Crippen molar-refractivity contribution in [3.8, 4) is 0 Å². The van der Waals surface area contributed by atoms with Gasteiger partial charge in [-0.15, -0.1) is 0 Å². The second-order valence-corrected chi connectivity index (χ2v) is 15.4. The molecule has 10 nitrogen and oxygen atoms in total. The lowest BCUT2D eigenvalue weighted by Crippen LogP contribution is -2.54. The summed E-state index contributed by atoms with van der Waals surface area (Å²) in [6.07, 6.45) is 1.68. The smallest absolute Gasteiger partial charge is 0.320 e. The summed E-state index contributed by atoms with van der Waals surface area (Å²) in [5.41, 5.74) is 1.33. The number of ether oxygens (including phenoxy) is 4. The van der Waals surface area contributed by atoms with Crippen molar-refractivity contribution in [3.05, 3.63) is 142 Å². The van der Waals surface area contributed by atoms with Gasteiger partial charge in [0.05, 0.1) is 28.4 Å². The molecule has 0 aliphatic heterocycles. The van der Waals surface area contributed by atoms with Crippen LogP contribution in [0.3, 0.4) is 0 Å². The lowest BCUT2D eigenvalue weighted by Gasteiger charge is -2.34. The molecule has 56 heavy (non-hydrogen) atoms. The first-order valence-corrected chi connectivity index (χ1v) is 18.6. The number of carbonyl (C=O) groups excluding carboxylic acids is 6. The van der Waals surface area contributed by atoms with Gasteiger partial charge >= 0.3 is 23.9 Å². The minimum absolute atomic E-state index is 0.210. The normalized spacial score (nSPS) is 25.6. The highest BCUT2D eigenvalue weighted by Gasteiger charge is 2.64. The topological polar surface area (TPSA) is 139 Å². The van der Waals surface area contributed by atoms with Gasteiger partial charge in [0.2, 0.25) is 0 Å². The Morgan fingerprint density at radius 1 is 0.339 bits per heavy atom. The van der Waals surface area contributed by atoms with Gasteiger partial charge in [-0.2, -0.15) is 0 Å². The van der Waals surface area contributed by atoms with E-state index in [1.54, 1.807) is 0 Å². The Morgan fingerprint density at radius 2 is 0.482 bits per heavy atom. The van der Waals surface area contributed by atoms with Gasteiger partial charge < -0.3 is 18.9 Å². The first kappa shape index (κ1) is 38.4. The van der Waals surface area contributed by atoms with Crippen LogP contribution >= 0.6 is 0 Å². The Balaban J connectivity index is 0.000000172. The molecule has 0 radical (unpaired) electrons. The molecule has 4 bridgehead atoms. The number of carbonyl (C=O) groups is 6. The lowest BCUT2D eigenvalue weighted by atomic mass is 9.66. The van der Waals surface area contributed by atoms with E-state index in [1.165, 1.54) is 28.4 Å². The number of fused-ring (bicyclic) bond motifs is 8. The molecule has 0 fully saturated rings. The molecule has 0 amide bonds. The number of Topliss-reactive ketones (excluding diaryl/α,β-unsaturated/α-hetero) is 2. The van der Waals surface area contributed by atoms with E-state index in [4.69, 9.17) is 18.9 Å². The van der Waals surface area contributed by atoms with E-state index in [0.29, 0.717) is 0 Å². The molecular formula is C46H44O10. The Bertz CT molecular complexity index is 1850. The molecule has 0 saturated carbocycles. The summed E-state index contributed by atoms with van der Waals surface area (Å²) in [5, 5.41) is 0. The first-order chi connectivity index (χ1) is 26.9. The summed E-state index contributed by atoms with van der Waals surface area (Å²) < 4.78 is 20.5. The number of rotatable bonds is 4. The molecule has 0 unspecified atom stereocenters. The predicted molar refractivity (Wildman–Crippen MR) is 203 cm³/mol. The van der Waals surface area contributed by atoms with Crippen LogP contribution in [0, 0.1) is 21.7 Å². The second-order valence-electron chi connectivity index (χ2n) is 15.4. The summed E-state index contributed by atoms with van der Waals surface area (Å²) in [5.74, 6) is -3.19. The molecule has 4 aliphatic carbocycles. The van der Waals surface area contributed by atoms with Crippen molar-refractivity contribution in [1.29, 1.82) is 0 Å². The van der Waals surface area contributed by atoms with Gasteiger partial charge in [-0.05, 0) is 95.9 Å². The van der Waals surface area contributed by atoms with Crippen LogP contribution in [0.15, 0.2) is 97.1 Å².